The Morgan fingerprint density at radius 3 is 3.03 bits per heavy atom. The second-order valence-electron chi connectivity index (χ2n) is 7.43. The van der Waals surface area contributed by atoms with Crippen LogP contribution in [0.2, 0.25) is 5.02 Å². The number of carbonyl (C=O) groups excluding carboxylic acids is 1. The molecule has 3 aromatic rings. The number of fused-ring (bicyclic) bond motifs is 1. The van der Waals surface area contributed by atoms with E-state index in [2.05, 4.69) is 32.5 Å². The highest BCUT2D eigenvalue weighted by atomic mass is 35.5. The highest BCUT2D eigenvalue weighted by Crippen LogP contribution is 2.26. The van der Waals surface area contributed by atoms with Gasteiger partial charge in [-0.05, 0) is 43.5 Å². The number of amides is 1. The van der Waals surface area contributed by atoms with Gasteiger partial charge in [0, 0.05) is 29.5 Å². The number of nitrogens with zero attached hydrogens (tertiary/aromatic N) is 3. The number of aromatic nitrogens is 3. The Morgan fingerprint density at radius 2 is 2.23 bits per heavy atom. The van der Waals surface area contributed by atoms with Gasteiger partial charge in [0.2, 0.25) is 5.91 Å². The van der Waals surface area contributed by atoms with Gasteiger partial charge < -0.3 is 20.5 Å². The largest absolute Gasteiger partial charge is 0.376 e. The Balaban J connectivity index is 1.45. The number of H-pyrrole nitrogens is 1. The normalized spacial score (nSPS) is 19.1. The molecule has 1 aromatic carbocycles. The van der Waals surface area contributed by atoms with Crippen LogP contribution in [0.1, 0.15) is 26.2 Å². The summed E-state index contributed by atoms with van der Waals surface area (Å²) in [6, 6.07) is 6.23. The van der Waals surface area contributed by atoms with E-state index in [0.29, 0.717) is 17.3 Å². The van der Waals surface area contributed by atoms with Crippen molar-refractivity contribution in [2.75, 3.05) is 23.7 Å². The number of anilines is 2. The smallest absolute Gasteiger partial charge is 0.242 e. The van der Waals surface area contributed by atoms with E-state index in [-0.39, 0.29) is 24.5 Å². The van der Waals surface area contributed by atoms with E-state index in [9.17, 15) is 9.18 Å². The van der Waals surface area contributed by atoms with Crippen LogP contribution in [-0.4, -0.2) is 50.9 Å². The average Bonchev–Trinajstić information content (AvgIpc) is 3.21. The van der Waals surface area contributed by atoms with Gasteiger partial charge in [0.05, 0.1) is 18.0 Å². The Bertz CT molecular complexity index is 1020. The van der Waals surface area contributed by atoms with Crippen LogP contribution in [0.15, 0.2) is 36.8 Å². The fraction of sp³-hybridized carbons (Fsp3) is 0.381. The van der Waals surface area contributed by atoms with Gasteiger partial charge in [0.15, 0.2) is 0 Å². The minimum Gasteiger partial charge on any atom is -0.376 e. The highest BCUT2D eigenvalue weighted by molar-refractivity contribution is 6.30. The molecule has 2 unspecified atom stereocenters. The molecule has 30 heavy (non-hydrogen) atoms. The van der Waals surface area contributed by atoms with Crippen molar-refractivity contribution in [2.24, 2.45) is 0 Å². The molecule has 158 valence electrons. The SMILES string of the molecule is CCC1C(Nc2ncnc3[nH]ccc23)CCCN1C(=O)CNc1cc(F)cc(Cl)c1. The van der Waals surface area contributed by atoms with Crippen LogP contribution in [0.4, 0.5) is 15.9 Å². The monoisotopic (exact) mass is 430 g/mol. The maximum atomic E-state index is 13.5. The van der Waals surface area contributed by atoms with Crippen LogP contribution in [0.3, 0.4) is 0 Å². The quantitative estimate of drug-likeness (QED) is 0.549. The third kappa shape index (κ3) is 4.33. The van der Waals surface area contributed by atoms with E-state index in [1.54, 1.807) is 6.07 Å². The van der Waals surface area contributed by atoms with Gasteiger partial charge in [-0.3, -0.25) is 4.79 Å². The van der Waals surface area contributed by atoms with Crippen LogP contribution in [-0.2, 0) is 4.79 Å². The summed E-state index contributed by atoms with van der Waals surface area (Å²) in [7, 11) is 0. The third-order valence-corrected chi connectivity index (χ3v) is 5.72. The zero-order valence-electron chi connectivity index (χ0n) is 16.7. The van der Waals surface area contributed by atoms with Gasteiger partial charge in [0.1, 0.15) is 23.6 Å². The summed E-state index contributed by atoms with van der Waals surface area (Å²) in [6.07, 6.45) is 6.03. The molecule has 9 heteroatoms. The van der Waals surface area contributed by atoms with Crippen molar-refractivity contribution in [1.82, 2.24) is 19.9 Å². The van der Waals surface area contributed by atoms with Crippen LogP contribution in [0, 0.1) is 5.82 Å². The fourth-order valence-electron chi connectivity index (χ4n) is 4.14. The Kier molecular flexibility index (Phi) is 6.03. The predicted molar refractivity (Wildman–Crippen MR) is 116 cm³/mol. The number of benzene rings is 1. The van der Waals surface area contributed by atoms with Crippen LogP contribution in [0.25, 0.3) is 11.0 Å². The second-order valence-corrected chi connectivity index (χ2v) is 7.87. The van der Waals surface area contributed by atoms with Gasteiger partial charge in [-0.15, -0.1) is 0 Å². The van der Waals surface area contributed by atoms with Crippen molar-refractivity contribution in [3.05, 3.63) is 47.6 Å². The molecule has 0 aliphatic carbocycles. The summed E-state index contributed by atoms with van der Waals surface area (Å²) in [6.45, 7) is 2.86. The maximum absolute atomic E-state index is 13.5. The van der Waals surface area contributed by atoms with Crippen molar-refractivity contribution >= 4 is 40.0 Å². The molecule has 3 N–H and O–H groups in total. The molecule has 0 saturated carbocycles. The summed E-state index contributed by atoms with van der Waals surface area (Å²) in [5.41, 5.74) is 1.27. The number of nitrogens with one attached hydrogen (secondary N) is 3. The number of hydrogen-bond donors (Lipinski definition) is 3. The lowest BCUT2D eigenvalue weighted by Gasteiger charge is -2.41. The van der Waals surface area contributed by atoms with E-state index in [4.69, 9.17) is 11.6 Å². The first-order valence-corrected chi connectivity index (χ1v) is 10.5. The van der Waals surface area contributed by atoms with Crippen LogP contribution < -0.4 is 10.6 Å². The van der Waals surface area contributed by atoms with Crippen LogP contribution >= 0.6 is 11.6 Å². The number of likely N-dealkylation sites (tertiary alicyclic amines) is 1. The molecule has 4 rings (SSSR count). The summed E-state index contributed by atoms with van der Waals surface area (Å²) >= 11 is 5.89. The molecule has 1 saturated heterocycles. The molecule has 2 atom stereocenters. The number of piperidine rings is 1. The standard InChI is InChI=1S/C21H24ClFN6O/c1-2-18-17(28-21-16-5-6-24-20(16)26-12-27-21)4-3-7-29(18)19(30)11-25-15-9-13(22)8-14(23)10-15/h5-6,8-10,12,17-18,25H,2-4,7,11H2,1H3,(H2,24,26,27,28). The molecule has 0 radical (unpaired) electrons. The first kappa shape index (κ1) is 20.4. The van der Waals surface area contributed by atoms with E-state index < -0.39 is 5.82 Å². The van der Waals surface area contributed by atoms with Crippen molar-refractivity contribution in [3.8, 4) is 0 Å². The van der Waals surface area contributed by atoms with E-state index in [1.807, 2.05) is 17.2 Å². The molecule has 2 aromatic heterocycles. The number of hydrogen-bond acceptors (Lipinski definition) is 5. The van der Waals surface area contributed by atoms with Crippen molar-refractivity contribution in [2.45, 2.75) is 38.3 Å². The van der Waals surface area contributed by atoms with E-state index >= 15 is 0 Å². The fourth-order valence-corrected chi connectivity index (χ4v) is 4.36. The molecule has 1 amide bonds. The summed E-state index contributed by atoms with van der Waals surface area (Å²) in [5, 5.41) is 7.75. The molecule has 1 aliphatic rings. The van der Waals surface area contributed by atoms with E-state index in [0.717, 1.165) is 36.1 Å². The molecule has 0 spiro atoms. The molecule has 7 nitrogen and oxygen atoms in total. The summed E-state index contributed by atoms with van der Waals surface area (Å²) in [4.78, 5) is 26.6. The Hall–Kier alpha value is -2.87. The lowest BCUT2D eigenvalue weighted by atomic mass is 9.93. The lowest BCUT2D eigenvalue weighted by Crippen LogP contribution is -2.54. The second kappa shape index (κ2) is 8.87. The van der Waals surface area contributed by atoms with Crippen molar-refractivity contribution in [3.63, 3.8) is 0 Å². The number of halogens is 2. The molecular formula is C21H24ClFN6O. The molecule has 1 fully saturated rings. The molecule has 3 heterocycles. The third-order valence-electron chi connectivity index (χ3n) is 5.50. The number of aromatic amines is 1. The number of rotatable bonds is 6. The van der Waals surface area contributed by atoms with Crippen LogP contribution in [0.5, 0.6) is 0 Å². The maximum Gasteiger partial charge on any atom is 0.242 e. The Morgan fingerprint density at radius 1 is 1.37 bits per heavy atom. The van der Waals surface area contributed by atoms with Crippen molar-refractivity contribution < 1.29 is 9.18 Å². The van der Waals surface area contributed by atoms with Crippen molar-refractivity contribution in [1.29, 1.82) is 0 Å². The Labute approximate surface area is 179 Å². The predicted octanol–water partition coefficient (Wildman–Crippen LogP) is 4.04. The molecule has 0 bridgehead atoms. The minimum atomic E-state index is -0.438. The average molecular weight is 431 g/mol. The van der Waals surface area contributed by atoms with Gasteiger partial charge in [0.25, 0.3) is 0 Å². The first-order chi connectivity index (χ1) is 14.5. The molecule has 1 aliphatic heterocycles. The van der Waals surface area contributed by atoms with Gasteiger partial charge in [-0.1, -0.05) is 18.5 Å². The zero-order valence-corrected chi connectivity index (χ0v) is 17.4. The number of carbonyl (C=O) groups is 1. The molecular weight excluding hydrogens is 407 g/mol. The highest BCUT2D eigenvalue weighted by Gasteiger charge is 2.33. The zero-order chi connectivity index (χ0) is 21.1. The van der Waals surface area contributed by atoms with E-state index in [1.165, 1.54) is 18.5 Å². The van der Waals surface area contributed by atoms with Gasteiger partial charge in [-0.2, -0.15) is 0 Å². The topological polar surface area (TPSA) is 85.9 Å². The summed E-state index contributed by atoms with van der Waals surface area (Å²) < 4.78 is 13.5. The van der Waals surface area contributed by atoms with Gasteiger partial charge >= 0.3 is 0 Å². The first-order valence-electron chi connectivity index (χ1n) is 10.1. The lowest BCUT2D eigenvalue weighted by molar-refractivity contribution is -0.133. The van der Waals surface area contributed by atoms with Gasteiger partial charge in [-0.25, -0.2) is 14.4 Å². The minimum absolute atomic E-state index is 0.0248. The summed E-state index contributed by atoms with van der Waals surface area (Å²) in [5.74, 6) is 0.307.